The predicted molar refractivity (Wildman–Crippen MR) is 315 cm³/mol. The molecule has 0 amide bonds. The van der Waals surface area contributed by atoms with E-state index >= 15 is 0 Å². The van der Waals surface area contributed by atoms with E-state index in [1.54, 1.807) is 36.4 Å². The molecule has 12 aromatic carbocycles. The van der Waals surface area contributed by atoms with E-state index in [-0.39, 0.29) is 19.8 Å². The summed E-state index contributed by atoms with van der Waals surface area (Å²) in [6.07, 6.45) is -3.90. The molecule has 3 atom stereocenters. The van der Waals surface area contributed by atoms with Crippen LogP contribution in [-0.2, 0) is 53.8 Å². The minimum Gasteiger partial charge on any atom is -0.479 e. The Morgan fingerprint density at radius 2 is 0.525 bits per heavy atom. The molecule has 0 bridgehead atoms. The highest BCUT2D eigenvalue weighted by Gasteiger charge is 2.34. The van der Waals surface area contributed by atoms with Gasteiger partial charge in [0, 0.05) is 5.41 Å². The standard InChI is InChI=1S/C71H54O9/c1-71(53-32-26-44(27-33-53)65(68(72)73)78-41-62-56-20-8-2-14-47(56)38-48-15-3-9-21-57(48)62,54-34-28-45(29-35-54)66(69(74)75)79-42-63-58-22-10-4-16-49(58)39-50-17-5-11-23-59(50)63)55-36-30-46(31-37-55)67(70(76)77)80-43-64-60-24-12-6-18-51(60)40-52-19-7-13-25-61(52)64/h2-40,65-67H,41-43H2,1H3,(H,72,73)(H,74,75)(H,76,77). The van der Waals surface area contributed by atoms with Crippen LogP contribution in [0.2, 0.25) is 0 Å². The van der Waals surface area contributed by atoms with E-state index in [2.05, 4.69) is 18.2 Å². The van der Waals surface area contributed by atoms with E-state index in [0.29, 0.717) is 16.7 Å². The normalized spacial score (nSPS) is 13.6. The van der Waals surface area contributed by atoms with Crippen molar-refractivity contribution >= 4 is 82.5 Å². The highest BCUT2D eigenvalue weighted by atomic mass is 16.5. The summed E-state index contributed by atoms with van der Waals surface area (Å²) in [5.41, 5.74) is 5.43. The largest absolute Gasteiger partial charge is 0.479 e. The molecule has 0 radical (unpaired) electrons. The van der Waals surface area contributed by atoms with Gasteiger partial charge in [-0.2, -0.15) is 0 Å². The zero-order chi connectivity index (χ0) is 54.9. The monoisotopic (exact) mass is 1050 g/mol. The van der Waals surface area contributed by atoms with Gasteiger partial charge in [-0.3, -0.25) is 0 Å². The van der Waals surface area contributed by atoms with E-state index in [1.165, 1.54) is 0 Å². The van der Waals surface area contributed by atoms with Crippen LogP contribution in [0.25, 0.3) is 64.6 Å². The van der Waals surface area contributed by atoms with Crippen molar-refractivity contribution in [3.05, 3.63) is 287 Å². The second-order valence-corrected chi connectivity index (χ2v) is 20.5. The molecule has 0 aliphatic rings. The zero-order valence-corrected chi connectivity index (χ0v) is 43.7. The first-order chi connectivity index (χ1) is 39.0. The van der Waals surface area contributed by atoms with Gasteiger partial charge in [0.15, 0.2) is 18.3 Å². The lowest BCUT2D eigenvalue weighted by Gasteiger charge is -2.33. The van der Waals surface area contributed by atoms with E-state index in [9.17, 15) is 29.7 Å². The number of hydrogen-bond donors (Lipinski definition) is 3. The molecule has 12 aromatic rings. The molecule has 0 saturated heterocycles. The first-order valence-corrected chi connectivity index (χ1v) is 26.6. The molecule has 3 unspecified atom stereocenters. The molecule has 80 heavy (non-hydrogen) atoms. The topological polar surface area (TPSA) is 140 Å². The number of hydrogen-bond acceptors (Lipinski definition) is 6. The fraction of sp³-hybridized carbons (Fsp3) is 0.113. The summed E-state index contributed by atoms with van der Waals surface area (Å²) < 4.78 is 19.1. The van der Waals surface area contributed by atoms with Gasteiger partial charge in [0.1, 0.15) is 0 Å². The Balaban J connectivity index is 0.880. The van der Waals surface area contributed by atoms with Gasteiger partial charge in [-0.1, -0.05) is 218 Å². The number of ether oxygens (including phenoxy) is 3. The lowest BCUT2D eigenvalue weighted by molar-refractivity contribution is -0.152. The Kier molecular flexibility index (Phi) is 13.9. The molecule has 9 heteroatoms. The maximum absolute atomic E-state index is 13.1. The molecule has 392 valence electrons. The summed E-state index contributed by atoms with van der Waals surface area (Å²) in [7, 11) is 0. The zero-order valence-electron chi connectivity index (χ0n) is 43.7. The van der Waals surface area contributed by atoms with Crippen LogP contribution in [0.1, 0.15) is 75.3 Å². The van der Waals surface area contributed by atoms with Gasteiger partial charge in [0.05, 0.1) is 19.8 Å². The van der Waals surface area contributed by atoms with E-state index in [1.807, 2.05) is 189 Å². The van der Waals surface area contributed by atoms with Gasteiger partial charge < -0.3 is 29.5 Å². The van der Waals surface area contributed by atoms with Crippen LogP contribution >= 0.6 is 0 Å². The number of fused-ring (bicyclic) bond motifs is 6. The molecular weight excluding hydrogens is 997 g/mol. The SMILES string of the molecule is CC(c1ccc(C(OCc2c3ccccc3cc3ccccc23)C(=O)O)cc1)(c1ccc(C(OCc2c3ccccc3cc3ccccc23)C(=O)O)cc1)c1ccc(C(OCc2c3ccccc3cc3ccccc23)C(=O)O)cc1. The highest BCUT2D eigenvalue weighted by Crippen LogP contribution is 2.42. The Bertz CT molecular complexity index is 3720. The molecular formula is C71H54O9. The molecule has 0 aliphatic carbocycles. The lowest BCUT2D eigenvalue weighted by atomic mass is 9.70. The number of rotatable bonds is 18. The van der Waals surface area contributed by atoms with Crippen molar-refractivity contribution in [1.82, 2.24) is 0 Å². The smallest absolute Gasteiger partial charge is 0.337 e. The molecule has 0 heterocycles. The number of carboxylic acids is 3. The number of carboxylic acid groups (broad SMARTS) is 3. The second-order valence-electron chi connectivity index (χ2n) is 20.5. The Morgan fingerprint density at radius 1 is 0.325 bits per heavy atom. The third kappa shape index (κ3) is 9.68. The van der Waals surface area contributed by atoms with Crippen molar-refractivity contribution in [1.29, 1.82) is 0 Å². The van der Waals surface area contributed by atoms with Crippen LogP contribution in [0.5, 0.6) is 0 Å². The Morgan fingerprint density at radius 3 is 0.725 bits per heavy atom. The average Bonchev–Trinajstić information content (AvgIpc) is 3.51. The number of aliphatic carboxylic acids is 3. The van der Waals surface area contributed by atoms with Crippen molar-refractivity contribution < 1.29 is 43.9 Å². The molecule has 9 nitrogen and oxygen atoms in total. The summed E-state index contributed by atoms with van der Waals surface area (Å²) in [6, 6.07) is 76.4. The van der Waals surface area contributed by atoms with E-state index in [4.69, 9.17) is 14.2 Å². The second kappa shape index (κ2) is 21.7. The predicted octanol–water partition coefficient (Wildman–Crippen LogP) is 16.0. The van der Waals surface area contributed by atoms with Gasteiger partial charge >= 0.3 is 17.9 Å². The Hall–Kier alpha value is -9.51. The minimum atomic E-state index is -1.30. The minimum absolute atomic E-state index is 0.0518. The Labute approximate surface area is 461 Å². The number of carbonyl (C=O) groups is 3. The van der Waals surface area contributed by atoms with Gasteiger partial charge in [-0.15, -0.1) is 0 Å². The summed E-state index contributed by atoms with van der Waals surface area (Å²) >= 11 is 0. The van der Waals surface area contributed by atoms with Gasteiger partial charge in [0.2, 0.25) is 0 Å². The third-order valence-corrected chi connectivity index (χ3v) is 15.9. The van der Waals surface area contributed by atoms with Crippen molar-refractivity contribution in [2.24, 2.45) is 0 Å². The van der Waals surface area contributed by atoms with Gasteiger partial charge in [-0.25, -0.2) is 14.4 Å². The van der Waals surface area contributed by atoms with Crippen molar-refractivity contribution in [3.63, 3.8) is 0 Å². The number of benzene rings is 12. The maximum atomic E-state index is 13.1. The quantitative estimate of drug-likeness (QED) is 0.0566. The fourth-order valence-corrected chi connectivity index (χ4v) is 11.7. The summed E-state index contributed by atoms with van der Waals surface area (Å²) in [5.74, 6) is -3.41. The van der Waals surface area contributed by atoms with Crippen LogP contribution < -0.4 is 0 Å². The van der Waals surface area contributed by atoms with Crippen molar-refractivity contribution in [2.75, 3.05) is 0 Å². The van der Waals surface area contributed by atoms with Gasteiger partial charge in [0.25, 0.3) is 0 Å². The molecule has 12 rings (SSSR count). The highest BCUT2D eigenvalue weighted by molar-refractivity contribution is 6.04. The lowest BCUT2D eigenvalue weighted by Crippen LogP contribution is -2.26. The summed E-state index contributed by atoms with van der Waals surface area (Å²) in [5, 5.41) is 44.2. The molecule has 3 N–H and O–H groups in total. The first kappa shape index (κ1) is 51.3. The molecule has 0 aromatic heterocycles. The van der Waals surface area contributed by atoms with Crippen molar-refractivity contribution in [2.45, 2.75) is 50.5 Å². The molecule has 0 fully saturated rings. The third-order valence-electron chi connectivity index (χ3n) is 15.9. The summed E-state index contributed by atoms with van der Waals surface area (Å²) in [4.78, 5) is 39.3. The average molecular weight is 1050 g/mol. The summed E-state index contributed by atoms with van der Waals surface area (Å²) in [6.45, 7) is 2.19. The maximum Gasteiger partial charge on any atom is 0.337 e. The van der Waals surface area contributed by atoms with Gasteiger partial charge in [-0.05, 0) is 140 Å². The van der Waals surface area contributed by atoms with Crippen molar-refractivity contribution in [3.8, 4) is 0 Å². The van der Waals surface area contributed by atoms with Crippen LogP contribution in [-0.4, -0.2) is 33.2 Å². The first-order valence-electron chi connectivity index (χ1n) is 26.6. The fourth-order valence-electron chi connectivity index (χ4n) is 11.7. The van der Waals surface area contributed by atoms with E-state index < -0.39 is 41.6 Å². The molecule has 0 saturated carbocycles. The molecule has 0 spiro atoms. The van der Waals surface area contributed by atoms with E-state index in [0.717, 1.165) is 98.0 Å². The van der Waals surface area contributed by atoms with Crippen LogP contribution in [0.4, 0.5) is 0 Å². The molecule has 0 aliphatic heterocycles. The van der Waals surface area contributed by atoms with Crippen LogP contribution in [0.15, 0.2) is 237 Å². The van der Waals surface area contributed by atoms with Crippen LogP contribution in [0.3, 0.4) is 0 Å². The van der Waals surface area contributed by atoms with Crippen LogP contribution in [0, 0.1) is 0 Å².